The van der Waals surface area contributed by atoms with Crippen LogP contribution in [0.25, 0.3) is 11.1 Å². The van der Waals surface area contributed by atoms with E-state index in [-0.39, 0.29) is 4.47 Å². The summed E-state index contributed by atoms with van der Waals surface area (Å²) in [6.07, 6.45) is 1.51. The minimum absolute atomic E-state index is 0.0609. The highest BCUT2D eigenvalue weighted by molar-refractivity contribution is 9.10. The van der Waals surface area contributed by atoms with Gasteiger partial charge in [-0.3, -0.25) is 4.68 Å². The molecule has 2 N–H and O–H groups in total. The standard InChI is InChI=1S/C10H8BrF2N3/c1-16-10(14)6(4-15-16)5-2-7(11)9(13)8(12)3-5/h2-4H,14H2,1H3. The molecule has 0 unspecified atom stereocenters. The van der Waals surface area contributed by atoms with E-state index in [2.05, 4.69) is 21.0 Å². The van der Waals surface area contributed by atoms with Crippen LogP contribution in [0, 0.1) is 11.6 Å². The maximum absolute atomic E-state index is 13.2. The van der Waals surface area contributed by atoms with Crippen molar-refractivity contribution in [3.63, 3.8) is 0 Å². The van der Waals surface area contributed by atoms with Crippen LogP contribution in [0.3, 0.4) is 0 Å². The Morgan fingerprint density at radius 3 is 2.56 bits per heavy atom. The number of nitrogen functional groups attached to an aromatic ring is 1. The fraction of sp³-hybridized carbons (Fsp3) is 0.100. The quantitative estimate of drug-likeness (QED) is 0.820. The molecule has 0 fully saturated rings. The number of halogens is 3. The molecule has 0 aliphatic rings. The first-order valence-electron chi connectivity index (χ1n) is 4.43. The number of rotatable bonds is 1. The van der Waals surface area contributed by atoms with Gasteiger partial charge in [0.25, 0.3) is 0 Å². The summed E-state index contributed by atoms with van der Waals surface area (Å²) in [5.74, 6) is -1.43. The van der Waals surface area contributed by atoms with Crippen LogP contribution in [-0.2, 0) is 7.05 Å². The van der Waals surface area contributed by atoms with Crippen molar-refractivity contribution in [3.8, 4) is 11.1 Å². The van der Waals surface area contributed by atoms with Crippen LogP contribution in [0.4, 0.5) is 14.6 Å². The summed E-state index contributed by atoms with van der Waals surface area (Å²) in [7, 11) is 1.67. The third kappa shape index (κ3) is 1.69. The summed E-state index contributed by atoms with van der Waals surface area (Å²) in [4.78, 5) is 0. The highest BCUT2D eigenvalue weighted by atomic mass is 79.9. The zero-order valence-corrected chi connectivity index (χ0v) is 9.92. The molecule has 0 radical (unpaired) electrons. The van der Waals surface area contributed by atoms with E-state index in [1.807, 2.05) is 0 Å². The van der Waals surface area contributed by atoms with Gasteiger partial charge in [-0.2, -0.15) is 5.10 Å². The van der Waals surface area contributed by atoms with Crippen molar-refractivity contribution < 1.29 is 8.78 Å². The van der Waals surface area contributed by atoms with E-state index in [4.69, 9.17) is 5.73 Å². The average Bonchev–Trinajstić information content (AvgIpc) is 2.56. The Morgan fingerprint density at radius 2 is 2.06 bits per heavy atom. The van der Waals surface area contributed by atoms with Gasteiger partial charge in [-0.1, -0.05) is 0 Å². The van der Waals surface area contributed by atoms with Crippen LogP contribution in [0.5, 0.6) is 0 Å². The van der Waals surface area contributed by atoms with Gasteiger partial charge in [0.05, 0.1) is 10.7 Å². The normalized spacial score (nSPS) is 10.8. The molecule has 1 aromatic heterocycles. The molecule has 1 heterocycles. The first-order chi connectivity index (χ1) is 7.50. The Morgan fingerprint density at radius 1 is 1.38 bits per heavy atom. The second-order valence-electron chi connectivity index (χ2n) is 3.32. The van der Waals surface area contributed by atoms with E-state index in [9.17, 15) is 8.78 Å². The van der Waals surface area contributed by atoms with Gasteiger partial charge in [0.15, 0.2) is 11.6 Å². The largest absolute Gasteiger partial charge is 0.383 e. The van der Waals surface area contributed by atoms with Crippen molar-refractivity contribution in [3.05, 3.63) is 34.4 Å². The van der Waals surface area contributed by atoms with Gasteiger partial charge in [0, 0.05) is 12.6 Å². The maximum atomic E-state index is 13.2. The molecule has 16 heavy (non-hydrogen) atoms. The van der Waals surface area contributed by atoms with E-state index in [0.717, 1.165) is 6.07 Å². The molecule has 6 heteroatoms. The fourth-order valence-corrected chi connectivity index (χ4v) is 1.82. The minimum Gasteiger partial charge on any atom is -0.383 e. The highest BCUT2D eigenvalue weighted by Gasteiger charge is 2.13. The molecule has 0 saturated carbocycles. The second-order valence-corrected chi connectivity index (χ2v) is 4.18. The van der Waals surface area contributed by atoms with E-state index in [1.165, 1.54) is 16.9 Å². The first-order valence-corrected chi connectivity index (χ1v) is 5.22. The van der Waals surface area contributed by atoms with Crippen molar-refractivity contribution in [1.82, 2.24) is 9.78 Å². The van der Waals surface area contributed by atoms with E-state index in [0.29, 0.717) is 16.9 Å². The van der Waals surface area contributed by atoms with Crippen LogP contribution in [-0.4, -0.2) is 9.78 Å². The third-order valence-electron chi connectivity index (χ3n) is 2.28. The Labute approximate surface area is 99.0 Å². The van der Waals surface area contributed by atoms with Crippen LogP contribution < -0.4 is 5.73 Å². The second kappa shape index (κ2) is 3.86. The van der Waals surface area contributed by atoms with Crippen molar-refractivity contribution >= 4 is 21.7 Å². The van der Waals surface area contributed by atoms with Gasteiger partial charge in [-0.05, 0) is 33.6 Å². The predicted octanol–water partition coefficient (Wildman–Crippen LogP) is 2.71. The lowest BCUT2D eigenvalue weighted by molar-refractivity contribution is 0.504. The first kappa shape index (κ1) is 11.1. The van der Waals surface area contributed by atoms with Gasteiger partial charge in [-0.15, -0.1) is 0 Å². The number of hydrogen-bond acceptors (Lipinski definition) is 2. The lowest BCUT2D eigenvalue weighted by Gasteiger charge is -2.03. The summed E-state index contributed by atoms with van der Waals surface area (Å²) >= 11 is 2.94. The zero-order valence-electron chi connectivity index (χ0n) is 8.34. The number of anilines is 1. The van der Waals surface area contributed by atoms with Crippen LogP contribution >= 0.6 is 15.9 Å². The van der Waals surface area contributed by atoms with E-state index >= 15 is 0 Å². The summed E-state index contributed by atoms with van der Waals surface area (Å²) in [5, 5.41) is 3.93. The summed E-state index contributed by atoms with van der Waals surface area (Å²) in [6, 6.07) is 2.55. The molecule has 0 spiro atoms. The highest BCUT2D eigenvalue weighted by Crippen LogP contribution is 2.30. The molecular weight excluding hydrogens is 280 g/mol. The van der Waals surface area contributed by atoms with Gasteiger partial charge < -0.3 is 5.73 Å². The number of nitrogens with two attached hydrogens (primary N) is 1. The molecule has 3 nitrogen and oxygen atoms in total. The topological polar surface area (TPSA) is 43.8 Å². The molecule has 0 saturated heterocycles. The Hall–Kier alpha value is -1.43. The van der Waals surface area contributed by atoms with Gasteiger partial charge >= 0.3 is 0 Å². The number of aryl methyl sites for hydroxylation is 1. The van der Waals surface area contributed by atoms with Crippen LogP contribution in [0.15, 0.2) is 22.8 Å². The molecule has 0 bridgehead atoms. The number of benzene rings is 1. The van der Waals surface area contributed by atoms with Crippen LogP contribution in [0.2, 0.25) is 0 Å². The predicted molar refractivity (Wildman–Crippen MR) is 60.7 cm³/mol. The Kier molecular flexibility index (Phi) is 2.67. The maximum Gasteiger partial charge on any atom is 0.173 e. The average molecular weight is 288 g/mol. The number of hydrogen-bond donors (Lipinski definition) is 1. The summed E-state index contributed by atoms with van der Waals surface area (Å²) in [6.45, 7) is 0. The number of nitrogens with zero attached hydrogens (tertiary/aromatic N) is 2. The molecule has 2 aromatic rings. The monoisotopic (exact) mass is 287 g/mol. The lowest BCUT2D eigenvalue weighted by Crippen LogP contribution is -1.98. The van der Waals surface area contributed by atoms with Crippen LogP contribution in [0.1, 0.15) is 0 Å². The number of aromatic nitrogens is 2. The molecule has 0 amide bonds. The summed E-state index contributed by atoms with van der Waals surface area (Å²) in [5.41, 5.74) is 6.80. The molecule has 0 aliphatic carbocycles. The fourth-order valence-electron chi connectivity index (χ4n) is 1.38. The van der Waals surface area contributed by atoms with Crippen molar-refractivity contribution in [1.29, 1.82) is 0 Å². The van der Waals surface area contributed by atoms with Gasteiger partial charge in [0.1, 0.15) is 5.82 Å². The molecule has 0 atom stereocenters. The summed E-state index contributed by atoms with van der Waals surface area (Å²) < 4.78 is 27.8. The Balaban J connectivity index is 2.61. The molecule has 1 aromatic carbocycles. The zero-order chi connectivity index (χ0) is 11.9. The van der Waals surface area contributed by atoms with E-state index in [1.54, 1.807) is 7.05 Å². The van der Waals surface area contributed by atoms with Crippen molar-refractivity contribution in [2.24, 2.45) is 7.05 Å². The van der Waals surface area contributed by atoms with Gasteiger partial charge in [-0.25, -0.2) is 8.78 Å². The van der Waals surface area contributed by atoms with Crippen molar-refractivity contribution in [2.45, 2.75) is 0 Å². The van der Waals surface area contributed by atoms with Gasteiger partial charge in [0.2, 0.25) is 0 Å². The lowest BCUT2D eigenvalue weighted by atomic mass is 10.1. The smallest absolute Gasteiger partial charge is 0.173 e. The molecule has 2 rings (SSSR count). The minimum atomic E-state index is -0.923. The van der Waals surface area contributed by atoms with Crippen molar-refractivity contribution in [2.75, 3.05) is 5.73 Å². The molecule has 0 aliphatic heterocycles. The SMILES string of the molecule is Cn1ncc(-c2cc(F)c(F)c(Br)c2)c1N. The molecule has 84 valence electrons. The molecular formula is C10H8BrF2N3. The third-order valence-corrected chi connectivity index (χ3v) is 2.86. The van der Waals surface area contributed by atoms with E-state index < -0.39 is 11.6 Å². The Bertz CT molecular complexity index is 528.